The Balaban J connectivity index is 2.00. The molecule has 2 N–H and O–H groups in total. The minimum atomic E-state index is -0.426. The number of nitro benzene ring substituents is 1. The summed E-state index contributed by atoms with van der Waals surface area (Å²) in [4.78, 5) is 22.5. The van der Waals surface area contributed by atoms with Gasteiger partial charge in [0.2, 0.25) is 0 Å². The second-order valence-electron chi connectivity index (χ2n) is 6.11. The molecule has 0 fully saturated rings. The van der Waals surface area contributed by atoms with Crippen LogP contribution in [0.4, 0.5) is 5.69 Å². The van der Waals surface area contributed by atoms with Gasteiger partial charge in [-0.2, -0.15) is 0 Å². The molecule has 0 aliphatic heterocycles. The molecule has 0 radical (unpaired) electrons. The number of unbranched alkanes of at least 4 members (excludes halogenated alkanes) is 6. The summed E-state index contributed by atoms with van der Waals surface area (Å²) in [5.41, 5.74) is 1.90. The Morgan fingerprint density at radius 2 is 1.75 bits per heavy atom. The van der Waals surface area contributed by atoms with E-state index in [1.165, 1.54) is 44.2 Å². The smallest absolute Gasteiger partial charge is 0.270 e. The molecule has 0 amide bonds. The molecular formula is C18H25N3O3. The second-order valence-corrected chi connectivity index (χ2v) is 6.11. The molecule has 130 valence electrons. The van der Waals surface area contributed by atoms with Gasteiger partial charge in [0, 0.05) is 23.3 Å². The molecule has 1 aromatic carbocycles. The number of rotatable bonds is 10. The van der Waals surface area contributed by atoms with Crippen molar-refractivity contribution in [3.05, 3.63) is 50.3 Å². The maximum atomic E-state index is 12.0. The molecule has 6 nitrogen and oxygen atoms in total. The first-order chi connectivity index (χ1) is 11.6. The third-order valence-electron chi connectivity index (χ3n) is 4.25. The molecule has 24 heavy (non-hydrogen) atoms. The predicted octanol–water partition coefficient (Wildman–Crippen LogP) is 4.57. The normalized spacial score (nSPS) is 10.9. The van der Waals surface area contributed by atoms with E-state index >= 15 is 0 Å². The van der Waals surface area contributed by atoms with Crippen LogP contribution in [0, 0.1) is 10.1 Å². The van der Waals surface area contributed by atoms with E-state index in [0.717, 1.165) is 12.8 Å². The Hall–Kier alpha value is -2.37. The Labute approximate surface area is 141 Å². The van der Waals surface area contributed by atoms with E-state index in [4.69, 9.17) is 0 Å². The van der Waals surface area contributed by atoms with Crippen LogP contribution in [0.5, 0.6) is 0 Å². The third kappa shape index (κ3) is 4.81. The van der Waals surface area contributed by atoms with Gasteiger partial charge in [-0.15, -0.1) is 0 Å². The van der Waals surface area contributed by atoms with Crippen molar-refractivity contribution >= 4 is 5.69 Å². The van der Waals surface area contributed by atoms with Crippen LogP contribution in [0.15, 0.2) is 29.1 Å². The maximum absolute atomic E-state index is 12.0. The molecule has 0 saturated carbocycles. The van der Waals surface area contributed by atoms with Crippen LogP contribution in [-0.4, -0.2) is 15.1 Å². The van der Waals surface area contributed by atoms with E-state index < -0.39 is 4.92 Å². The van der Waals surface area contributed by atoms with Crippen LogP contribution in [-0.2, 0) is 6.42 Å². The van der Waals surface area contributed by atoms with Crippen LogP contribution in [0.3, 0.4) is 0 Å². The zero-order valence-corrected chi connectivity index (χ0v) is 14.1. The number of non-ortho nitro benzene ring substituents is 1. The maximum Gasteiger partial charge on any atom is 0.270 e. The molecular weight excluding hydrogens is 306 g/mol. The molecule has 2 rings (SSSR count). The van der Waals surface area contributed by atoms with Gasteiger partial charge in [0.15, 0.2) is 0 Å². The first kappa shape index (κ1) is 18.0. The lowest BCUT2D eigenvalue weighted by atomic mass is 10.0. The molecule has 2 aromatic rings. The van der Waals surface area contributed by atoms with E-state index in [2.05, 4.69) is 17.1 Å². The van der Waals surface area contributed by atoms with Crippen LogP contribution >= 0.6 is 0 Å². The summed E-state index contributed by atoms with van der Waals surface area (Å²) in [5, 5.41) is 16.4. The lowest BCUT2D eigenvalue weighted by Crippen LogP contribution is -2.06. The highest BCUT2D eigenvalue weighted by molar-refractivity contribution is 5.65. The fourth-order valence-electron chi connectivity index (χ4n) is 2.90. The Bertz CT molecular complexity index is 718. The van der Waals surface area contributed by atoms with Gasteiger partial charge in [-0.1, -0.05) is 57.6 Å². The minimum Gasteiger partial charge on any atom is -0.297 e. The van der Waals surface area contributed by atoms with Crippen LogP contribution in [0.2, 0.25) is 0 Å². The molecule has 0 atom stereocenters. The highest BCUT2D eigenvalue weighted by Crippen LogP contribution is 2.24. The topological polar surface area (TPSA) is 91.8 Å². The third-order valence-corrected chi connectivity index (χ3v) is 4.25. The number of aromatic amines is 2. The summed E-state index contributed by atoms with van der Waals surface area (Å²) in [6.07, 6.45) is 8.98. The number of hydrogen-bond donors (Lipinski definition) is 2. The highest BCUT2D eigenvalue weighted by Gasteiger charge is 2.14. The predicted molar refractivity (Wildman–Crippen MR) is 95.2 cm³/mol. The van der Waals surface area contributed by atoms with Crippen molar-refractivity contribution in [2.75, 3.05) is 0 Å². The number of nitrogens with one attached hydrogen (secondary N) is 2. The monoisotopic (exact) mass is 331 g/mol. The zero-order chi connectivity index (χ0) is 17.4. The minimum absolute atomic E-state index is 0.0245. The summed E-state index contributed by atoms with van der Waals surface area (Å²) in [7, 11) is 0. The molecule has 0 aliphatic carbocycles. The molecule has 1 aromatic heterocycles. The number of benzene rings is 1. The highest BCUT2D eigenvalue weighted by atomic mass is 16.6. The summed E-state index contributed by atoms with van der Waals surface area (Å²) in [6.45, 7) is 2.20. The largest absolute Gasteiger partial charge is 0.297 e. The summed E-state index contributed by atoms with van der Waals surface area (Å²) in [5.74, 6) is 0. The number of aromatic nitrogens is 2. The van der Waals surface area contributed by atoms with Gasteiger partial charge in [0.05, 0.1) is 10.6 Å². The van der Waals surface area contributed by atoms with Crippen molar-refractivity contribution in [1.29, 1.82) is 0 Å². The molecule has 0 aliphatic rings. The Kier molecular flexibility index (Phi) is 6.78. The van der Waals surface area contributed by atoms with E-state index in [1.54, 1.807) is 12.1 Å². The van der Waals surface area contributed by atoms with Crippen LogP contribution in [0.1, 0.15) is 57.4 Å². The van der Waals surface area contributed by atoms with Crippen molar-refractivity contribution in [3.63, 3.8) is 0 Å². The van der Waals surface area contributed by atoms with Crippen molar-refractivity contribution in [2.45, 2.75) is 58.3 Å². The quantitative estimate of drug-likeness (QED) is 0.379. The van der Waals surface area contributed by atoms with Gasteiger partial charge < -0.3 is 0 Å². The van der Waals surface area contributed by atoms with E-state index in [9.17, 15) is 14.9 Å². The van der Waals surface area contributed by atoms with Crippen molar-refractivity contribution in [3.8, 4) is 11.3 Å². The lowest BCUT2D eigenvalue weighted by Gasteiger charge is -2.04. The van der Waals surface area contributed by atoms with Crippen LogP contribution in [0.25, 0.3) is 11.3 Å². The van der Waals surface area contributed by atoms with Crippen molar-refractivity contribution in [1.82, 2.24) is 10.2 Å². The van der Waals surface area contributed by atoms with Gasteiger partial charge in [-0.3, -0.25) is 25.1 Å². The molecule has 0 unspecified atom stereocenters. The fourth-order valence-corrected chi connectivity index (χ4v) is 2.90. The summed E-state index contributed by atoms with van der Waals surface area (Å²) >= 11 is 0. The average Bonchev–Trinajstić information content (AvgIpc) is 2.95. The number of nitrogens with zero attached hydrogens (tertiary/aromatic N) is 1. The van der Waals surface area contributed by atoms with Crippen LogP contribution < -0.4 is 5.56 Å². The van der Waals surface area contributed by atoms with E-state index in [0.29, 0.717) is 23.2 Å². The van der Waals surface area contributed by atoms with Gasteiger partial charge in [-0.05, 0) is 12.8 Å². The molecule has 1 heterocycles. The van der Waals surface area contributed by atoms with Gasteiger partial charge >= 0.3 is 0 Å². The molecule has 0 spiro atoms. The fraction of sp³-hybridized carbons (Fsp3) is 0.500. The van der Waals surface area contributed by atoms with Crippen molar-refractivity contribution in [2.24, 2.45) is 0 Å². The number of nitro groups is 1. The van der Waals surface area contributed by atoms with E-state index in [-0.39, 0.29) is 11.2 Å². The van der Waals surface area contributed by atoms with E-state index in [1.807, 2.05) is 0 Å². The number of hydrogen-bond acceptors (Lipinski definition) is 3. The first-order valence-corrected chi connectivity index (χ1v) is 8.67. The standard InChI is InChI=1S/C18H25N3O3/c1-2-3-4-5-6-7-8-12-16-17(19-20-18(16)22)14-10-9-11-15(13-14)21(23)24/h9-11,13H,2-8,12H2,1H3,(H2,19,20,22). The average molecular weight is 331 g/mol. The summed E-state index contributed by atoms with van der Waals surface area (Å²) < 4.78 is 0. The SMILES string of the molecule is CCCCCCCCCc1c(-c2cccc([N+](=O)[O-])c2)[nH][nH]c1=O. The summed E-state index contributed by atoms with van der Waals surface area (Å²) in [6, 6.07) is 6.36. The second kappa shape index (κ2) is 9.05. The van der Waals surface area contributed by atoms with Gasteiger partial charge in [0.25, 0.3) is 11.2 Å². The van der Waals surface area contributed by atoms with Gasteiger partial charge in [-0.25, -0.2) is 0 Å². The van der Waals surface area contributed by atoms with Crippen molar-refractivity contribution < 1.29 is 4.92 Å². The Morgan fingerprint density at radius 3 is 2.46 bits per heavy atom. The molecule has 6 heteroatoms. The van der Waals surface area contributed by atoms with Gasteiger partial charge in [0.1, 0.15) is 0 Å². The lowest BCUT2D eigenvalue weighted by molar-refractivity contribution is -0.384. The zero-order valence-electron chi connectivity index (χ0n) is 14.1. The first-order valence-electron chi connectivity index (χ1n) is 8.67. The molecule has 0 bridgehead atoms. The molecule has 0 saturated heterocycles. The Morgan fingerprint density at radius 1 is 1.04 bits per heavy atom. The number of H-pyrrole nitrogens is 2.